The van der Waals surface area contributed by atoms with Crippen molar-refractivity contribution in [3.05, 3.63) is 64.7 Å². The van der Waals surface area contributed by atoms with Crippen molar-refractivity contribution in [2.24, 2.45) is 10.2 Å². The molecule has 2 aromatic rings. The van der Waals surface area contributed by atoms with Gasteiger partial charge < -0.3 is 10.1 Å². The second-order valence-electron chi connectivity index (χ2n) is 5.75. The fraction of sp³-hybridized carbons (Fsp3) is 0.211. The smallest absolute Gasteiger partial charge is 0.239 e. The summed E-state index contributed by atoms with van der Waals surface area (Å²) in [6.45, 7) is 1.87. The molecule has 5 nitrogen and oxygen atoms in total. The lowest BCUT2D eigenvalue weighted by atomic mass is 10.1. The molecule has 3 rings (SSSR count). The molecule has 0 bridgehead atoms. The van der Waals surface area contributed by atoms with Gasteiger partial charge in [-0.05, 0) is 60.9 Å². The van der Waals surface area contributed by atoms with Crippen LogP contribution in [0.2, 0.25) is 5.02 Å². The van der Waals surface area contributed by atoms with E-state index >= 15 is 0 Å². The first kappa shape index (κ1) is 18.5. The van der Waals surface area contributed by atoms with Crippen molar-refractivity contribution in [1.29, 1.82) is 0 Å². The Morgan fingerprint density at radius 3 is 2.73 bits per heavy atom. The van der Waals surface area contributed by atoms with Crippen LogP contribution in [0.3, 0.4) is 0 Å². The zero-order valence-corrected chi connectivity index (χ0v) is 16.0. The molecule has 1 heterocycles. The SMILES string of the molecule is COc1ccc(C(C)=N/N=C2\NC(=O)C(Cc3cccc(Cl)c3)S2)cc1. The number of carbonyl (C=O) groups is 1. The Bertz CT molecular complexity index is 865. The summed E-state index contributed by atoms with van der Waals surface area (Å²) in [7, 11) is 1.63. The molecular formula is C19H18ClN3O2S. The minimum atomic E-state index is -0.233. The summed E-state index contributed by atoms with van der Waals surface area (Å²) < 4.78 is 5.14. The molecule has 0 aliphatic carbocycles. The number of ether oxygens (including phenoxy) is 1. The van der Waals surface area contributed by atoms with Gasteiger partial charge in [-0.3, -0.25) is 4.79 Å². The maximum Gasteiger partial charge on any atom is 0.239 e. The Hall–Kier alpha value is -2.31. The van der Waals surface area contributed by atoms with E-state index in [2.05, 4.69) is 15.5 Å². The highest BCUT2D eigenvalue weighted by molar-refractivity contribution is 8.15. The molecule has 26 heavy (non-hydrogen) atoms. The van der Waals surface area contributed by atoms with Crippen LogP contribution in [0.1, 0.15) is 18.1 Å². The van der Waals surface area contributed by atoms with Crippen molar-refractivity contribution < 1.29 is 9.53 Å². The average Bonchev–Trinajstić information content (AvgIpc) is 2.99. The second-order valence-corrected chi connectivity index (χ2v) is 7.38. The summed E-state index contributed by atoms with van der Waals surface area (Å²) in [6, 6.07) is 15.1. The molecule has 1 fully saturated rings. The normalized spacial score (nSPS) is 18.9. The quantitative estimate of drug-likeness (QED) is 0.625. The molecule has 1 N–H and O–H groups in total. The number of carbonyl (C=O) groups excluding carboxylic acids is 1. The van der Waals surface area contributed by atoms with Crippen molar-refractivity contribution in [2.45, 2.75) is 18.6 Å². The number of amides is 1. The first-order valence-electron chi connectivity index (χ1n) is 8.04. The van der Waals surface area contributed by atoms with E-state index in [4.69, 9.17) is 16.3 Å². The van der Waals surface area contributed by atoms with Gasteiger partial charge in [0.1, 0.15) is 5.75 Å². The van der Waals surface area contributed by atoms with E-state index < -0.39 is 0 Å². The topological polar surface area (TPSA) is 63.1 Å². The standard InChI is InChI=1S/C19H18ClN3O2S/c1-12(14-6-8-16(25-2)9-7-14)22-23-19-21-18(24)17(26-19)11-13-4-3-5-15(20)10-13/h3-10,17H,11H2,1-2H3,(H,21,23,24). The summed E-state index contributed by atoms with van der Waals surface area (Å²) >= 11 is 7.38. The molecule has 1 atom stereocenters. The number of halogens is 1. The molecule has 134 valence electrons. The number of rotatable bonds is 5. The minimum Gasteiger partial charge on any atom is -0.497 e. The Morgan fingerprint density at radius 2 is 2.04 bits per heavy atom. The van der Waals surface area contributed by atoms with Crippen molar-refractivity contribution in [1.82, 2.24) is 5.32 Å². The van der Waals surface area contributed by atoms with Crippen LogP contribution < -0.4 is 10.1 Å². The van der Waals surface area contributed by atoms with E-state index in [1.54, 1.807) is 7.11 Å². The summed E-state index contributed by atoms with van der Waals surface area (Å²) in [5.74, 6) is 0.723. The average molecular weight is 388 g/mol. The minimum absolute atomic E-state index is 0.0639. The van der Waals surface area contributed by atoms with Gasteiger partial charge >= 0.3 is 0 Å². The zero-order chi connectivity index (χ0) is 18.5. The van der Waals surface area contributed by atoms with E-state index in [1.165, 1.54) is 11.8 Å². The van der Waals surface area contributed by atoms with Gasteiger partial charge in [-0.1, -0.05) is 35.5 Å². The molecular weight excluding hydrogens is 370 g/mol. The highest BCUT2D eigenvalue weighted by Crippen LogP contribution is 2.24. The van der Waals surface area contributed by atoms with E-state index in [0.29, 0.717) is 16.6 Å². The largest absolute Gasteiger partial charge is 0.497 e. The number of hydrogen-bond acceptors (Lipinski definition) is 5. The van der Waals surface area contributed by atoms with Crippen LogP contribution in [-0.2, 0) is 11.2 Å². The van der Waals surface area contributed by atoms with Crippen LogP contribution in [0.15, 0.2) is 58.7 Å². The van der Waals surface area contributed by atoms with Gasteiger partial charge in [0.05, 0.1) is 18.1 Å². The highest BCUT2D eigenvalue weighted by Gasteiger charge is 2.30. The molecule has 7 heteroatoms. The number of thioether (sulfide) groups is 1. The van der Waals surface area contributed by atoms with Crippen molar-refractivity contribution >= 4 is 40.1 Å². The summed E-state index contributed by atoms with van der Waals surface area (Å²) in [5, 5.41) is 12.1. The lowest BCUT2D eigenvalue weighted by Gasteiger charge is -2.05. The first-order valence-corrected chi connectivity index (χ1v) is 9.29. The number of amidine groups is 1. The molecule has 2 aromatic carbocycles. The Labute approximate surface area is 161 Å². The molecule has 1 aliphatic rings. The Balaban J connectivity index is 1.67. The second kappa shape index (κ2) is 8.38. The number of benzene rings is 2. The molecule has 0 radical (unpaired) electrons. The van der Waals surface area contributed by atoms with Gasteiger partial charge in [0, 0.05) is 5.02 Å². The first-order chi connectivity index (χ1) is 12.5. The van der Waals surface area contributed by atoms with Crippen molar-refractivity contribution in [3.63, 3.8) is 0 Å². The van der Waals surface area contributed by atoms with Gasteiger partial charge in [0.15, 0.2) is 5.17 Å². The Kier molecular flexibility index (Phi) is 5.96. The third-order valence-corrected chi connectivity index (χ3v) is 5.19. The predicted octanol–water partition coefficient (Wildman–Crippen LogP) is 3.90. The maximum absolute atomic E-state index is 12.2. The van der Waals surface area contributed by atoms with Crippen LogP contribution >= 0.6 is 23.4 Å². The molecule has 1 unspecified atom stereocenters. The van der Waals surface area contributed by atoms with E-state index in [0.717, 1.165) is 22.6 Å². The molecule has 0 spiro atoms. The third kappa shape index (κ3) is 4.65. The van der Waals surface area contributed by atoms with Crippen LogP contribution in [-0.4, -0.2) is 29.1 Å². The molecule has 0 saturated carbocycles. The number of hydrogen-bond donors (Lipinski definition) is 1. The van der Waals surface area contributed by atoms with Crippen molar-refractivity contribution in [2.75, 3.05) is 7.11 Å². The van der Waals surface area contributed by atoms with Crippen LogP contribution in [0.4, 0.5) is 0 Å². The van der Waals surface area contributed by atoms with Crippen LogP contribution in [0.5, 0.6) is 5.75 Å². The van der Waals surface area contributed by atoms with Crippen LogP contribution in [0.25, 0.3) is 0 Å². The fourth-order valence-electron chi connectivity index (χ4n) is 2.47. The predicted molar refractivity (Wildman–Crippen MR) is 107 cm³/mol. The fourth-order valence-corrected chi connectivity index (χ4v) is 3.65. The lowest BCUT2D eigenvalue weighted by molar-refractivity contribution is -0.118. The lowest BCUT2D eigenvalue weighted by Crippen LogP contribution is -2.25. The van der Waals surface area contributed by atoms with E-state index in [9.17, 15) is 4.79 Å². The highest BCUT2D eigenvalue weighted by atomic mass is 35.5. The molecule has 0 aromatic heterocycles. The summed E-state index contributed by atoms with van der Waals surface area (Å²) in [5.41, 5.74) is 2.72. The van der Waals surface area contributed by atoms with E-state index in [-0.39, 0.29) is 11.2 Å². The number of methoxy groups -OCH3 is 1. The van der Waals surface area contributed by atoms with Gasteiger partial charge in [0.2, 0.25) is 5.91 Å². The third-order valence-electron chi connectivity index (χ3n) is 3.89. The van der Waals surface area contributed by atoms with Crippen LogP contribution in [0, 0.1) is 0 Å². The molecule has 1 saturated heterocycles. The van der Waals surface area contributed by atoms with Gasteiger partial charge in [-0.15, -0.1) is 5.10 Å². The zero-order valence-electron chi connectivity index (χ0n) is 14.4. The van der Waals surface area contributed by atoms with E-state index in [1.807, 2.05) is 55.5 Å². The summed E-state index contributed by atoms with van der Waals surface area (Å²) in [6.07, 6.45) is 0.595. The molecule has 1 amide bonds. The Morgan fingerprint density at radius 1 is 1.27 bits per heavy atom. The number of nitrogens with one attached hydrogen (secondary N) is 1. The van der Waals surface area contributed by atoms with Gasteiger partial charge in [-0.2, -0.15) is 5.10 Å². The van der Waals surface area contributed by atoms with Crippen molar-refractivity contribution in [3.8, 4) is 5.75 Å². The summed E-state index contributed by atoms with van der Waals surface area (Å²) in [4.78, 5) is 12.2. The van der Waals surface area contributed by atoms with Gasteiger partial charge in [0.25, 0.3) is 0 Å². The molecule has 1 aliphatic heterocycles. The monoisotopic (exact) mass is 387 g/mol. The maximum atomic E-state index is 12.2. The van der Waals surface area contributed by atoms with Gasteiger partial charge in [-0.25, -0.2) is 0 Å². The number of nitrogens with zero attached hydrogens (tertiary/aromatic N) is 2.